The monoisotopic (exact) mass is 306 g/mol. The summed E-state index contributed by atoms with van der Waals surface area (Å²) in [5.74, 6) is 0.395. The predicted octanol–water partition coefficient (Wildman–Crippen LogP) is 0.762. The van der Waals surface area contributed by atoms with Crippen molar-refractivity contribution in [3.05, 3.63) is 18.5 Å². The molecular weight excluding hydrogens is 284 g/mol. The van der Waals surface area contributed by atoms with E-state index >= 15 is 0 Å². The summed E-state index contributed by atoms with van der Waals surface area (Å²) in [6.45, 7) is 2.00. The van der Waals surface area contributed by atoms with E-state index in [9.17, 15) is 9.59 Å². The fraction of sp³-hybridized carbons (Fsp3) is 0.600. The number of ether oxygens (including phenoxy) is 1. The van der Waals surface area contributed by atoms with E-state index in [1.165, 1.54) is 7.11 Å². The number of methoxy groups -OCH3 is 1. The van der Waals surface area contributed by atoms with Crippen molar-refractivity contribution in [3.63, 3.8) is 0 Å². The summed E-state index contributed by atoms with van der Waals surface area (Å²) in [6, 6.07) is 1.78. The van der Waals surface area contributed by atoms with E-state index in [-0.39, 0.29) is 17.8 Å². The van der Waals surface area contributed by atoms with Crippen molar-refractivity contribution in [2.45, 2.75) is 25.7 Å². The highest BCUT2D eigenvalue weighted by Gasteiger charge is 2.26. The predicted molar refractivity (Wildman–Crippen MR) is 81.2 cm³/mol. The Labute approximate surface area is 130 Å². The zero-order chi connectivity index (χ0) is 15.8. The summed E-state index contributed by atoms with van der Waals surface area (Å²) in [5.41, 5.74) is 0. The van der Waals surface area contributed by atoms with Crippen LogP contribution in [0.15, 0.2) is 18.5 Å². The second-order valence-electron chi connectivity index (χ2n) is 5.30. The van der Waals surface area contributed by atoms with Gasteiger partial charge in [0.05, 0.1) is 13.0 Å². The lowest BCUT2D eigenvalue weighted by Crippen LogP contribution is -2.43. The molecule has 1 aliphatic heterocycles. The highest BCUT2D eigenvalue weighted by Crippen LogP contribution is 2.19. The molecule has 1 atom stereocenters. The molecule has 0 saturated carbocycles. The van der Waals surface area contributed by atoms with Crippen LogP contribution in [0.2, 0.25) is 0 Å². The molecule has 0 aromatic carbocycles. The minimum absolute atomic E-state index is 0.0329. The number of anilines is 1. The molecule has 2 rings (SSSR count). The smallest absolute Gasteiger partial charge is 0.305 e. The molecule has 7 heteroatoms. The van der Waals surface area contributed by atoms with E-state index in [2.05, 4.69) is 20.0 Å². The van der Waals surface area contributed by atoms with Gasteiger partial charge in [-0.3, -0.25) is 9.59 Å². The van der Waals surface area contributed by atoms with E-state index in [4.69, 9.17) is 0 Å². The Bertz CT molecular complexity index is 495. The van der Waals surface area contributed by atoms with Gasteiger partial charge in [0.15, 0.2) is 0 Å². The molecule has 1 amide bonds. The van der Waals surface area contributed by atoms with Crippen molar-refractivity contribution in [1.82, 2.24) is 15.3 Å². The lowest BCUT2D eigenvalue weighted by Gasteiger charge is -2.31. The summed E-state index contributed by atoms with van der Waals surface area (Å²) in [7, 11) is 1.36. The summed E-state index contributed by atoms with van der Waals surface area (Å²) in [4.78, 5) is 33.7. The number of carbonyl (C=O) groups excluding carboxylic acids is 2. The average molecular weight is 306 g/mol. The molecule has 120 valence electrons. The van der Waals surface area contributed by atoms with Crippen LogP contribution < -0.4 is 10.2 Å². The second-order valence-corrected chi connectivity index (χ2v) is 5.30. The minimum atomic E-state index is -0.251. The van der Waals surface area contributed by atoms with Gasteiger partial charge in [-0.05, 0) is 25.3 Å². The van der Waals surface area contributed by atoms with Gasteiger partial charge in [0.2, 0.25) is 11.9 Å². The van der Waals surface area contributed by atoms with E-state index in [0.29, 0.717) is 31.9 Å². The first-order chi connectivity index (χ1) is 10.7. The SMILES string of the molecule is COC(=O)CCCNC(=O)[C@@H]1CCCN(c2ncccn2)C1. The Morgan fingerprint density at radius 3 is 2.91 bits per heavy atom. The van der Waals surface area contributed by atoms with E-state index < -0.39 is 0 Å². The normalized spacial score (nSPS) is 17.9. The van der Waals surface area contributed by atoms with Gasteiger partial charge in [0, 0.05) is 38.4 Å². The van der Waals surface area contributed by atoms with Gasteiger partial charge in [-0.15, -0.1) is 0 Å². The maximum absolute atomic E-state index is 12.2. The number of hydrogen-bond donors (Lipinski definition) is 1. The Hall–Kier alpha value is -2.18. The third kappa shape index (κ3) is 4.68. The molecule has 1 aliphatic rings. The maximum Gasteiger partial charge on any atom is 0.305 e. The molecule has 22 heavy (non-hydrogen) atoms. The van der Waals surface area contributed by atoms with Gasteiger partial charge >= 0.3 is 5.97 Å². The largest absolute Gasteiger partial charge is 0.469 e. The Morgan fingerprint density at radius 2 is 2.18 bits per heavy atom. The van der Waals surface area contributed by atoms with E-state index in [0.717, 1.165) is 19.4 Å². The zero-order valence-electron chi connectivity index (χ0n) is 12.8. The lowest BCUT2D eigenvalue weighted by atomic mass is 9.97. The Balaban J connectivity index is 1.77. The third-order valence-electron chi connectivity index (χ3n) is 3.71. The summed E-state index contributed by atoms with van der Waals surface area (Å²) in [6.07, 6.45) is 6.14. The van der Waals surface area contributed by atoms with Gasteiger partial charge in [-0.25, -0.2) is 9.97 Å². The van der Waals surface area contributed by atoms with Crippen LogP contribution in [0.4, 0.5) is 5.95 Å². The van der Waals surface area contributed by atoms with Crippen LogP contribution in [0.5, 0.6) is 0 Å². The number of rotatable bonds is 6. The van der Waals surface area contributed by atoms with Crippen LogP contribution in [0.25, 0.3) is 0 Å². The molecule has 7 nitrogen and oxygen atoms in total. The Kier molecular flexibility index (Phi) is 6.12. The lowest BCUT2D eigenvalue weighted by molar-refractivity contribution is -0.140. The summed E-state index contributed by atoms with van der Waals surface area (Å²) in [5, 5.41) is 2.89. The topological polar surface area (TPSA) is 84.4 Å². The molecule has 0 unspecified atom stereocenters. The highest BCUT2D eigenvalue weighted by atomic mass is 16.5. The van der Waals surface area contributed by atoms with Crippen LogP contribution in [-0.2, 0) is 14.3 Å². The number of amides is 1. The number of piperidine rings is 1. The van der Waals surface area contributed by atoms with Crippen molar-refractivity contribution in [3.8, 4) is 0 Å². The van der Waals surface area contributed by atoms with Crippen LogP contribution in [0.3, 0.4) is 0 Å². The number of carbonyl (C=O) groups is 2. The van der Waals surface area contributed by atoms with Crippen molar-refractivity contribution >= 4 is 17.8 Å². The molecule has 0 radical (unpaired) electrons. The molecule has 1 N–H and O–H groups in total. The number of aromatic nitrogens is 2. The van der Waals surface area contributed by atoms with E-state index in [1.807, 2.05) is 4.90 Å². The molecule has 0 bridgehead atoms. The van der Waals surface area contributed by atoms with Crippen molar-refractivity contribution < 1.29 is 14.3 Å². The van der Waals surface area contributed by atoms with Gasteiger partial charge in [0.1, 0.15) is 0 Å². The second kappa shape index (κ2) is 8.31. The number of esters is 1. The van der Waals surface area contributed by atoms with E-state index in [1.54, 1.807) is 18.5 Å². The summed E-state index contributed by atoms with van der Waals surface area (Å²) >= 11 is 0. The van der Waals surface area contributed by atoms with Crippen LogP contribution >= 0.6 is 0 Å². The average Bonchev–Trinajstić information content (AvgIpc) is 2.59. The fourth-order valence-corrected chi connectivity index (χ4v) is 2.52. The van der Waals surface area contributed by atoms with Gasteiger partial charge in [0.25, 0.3) is 0 Å². The van der Waals surface area contributed by atoms with Gasteiger partial charge < -0.3 is 15.0 Å². The first kappa shape index (κ1) is 16.2. The molecule has 2 heterocycles. The van der Waals surface area contributed by atoms with Gasteiger partial charge in [-0.1, -0.05) is 0 Å². The highest BCUT2D eigenvalue weighted by molar-refractivity contribution is 5.79. The van der Waals surface area contributed by atoms with Gasteiger partial charge in [-0.2, -0.15) is 0 Å². The molecule has 0 aliphatic carbocycles. The first-order valence-corrected chi connectivity index (χ1v) is 7.57. The van der Waals surface area contributed by atoms with Crippen LogP contribution in [-0.4, -0.2) is 48.6 Å². The first-order valence-electron chi connectivity index (χ1n) is 7.57. The minimum Gasteiger partial charge on any atom is -0.469 e. The fourth-order valence-electron chi connectivity index (χ4n) is 2.52. The quantitative estimate of drug-likeness (QED) is 0.617. The Morgan fingerprint density at radius 1 is 1.41 bits per heavy atom. The zero-order valence-corrected chi connectivity index (χ0v) is 12.8. The van der Waals surface area contributed by atoms with Crippen molar-refractivity contribution in [2.75, 3.05) is 31.6 Å². The molecule has 0 spiro atoms. The molecular formula is C15H22N4O3. The molecule has 1 aromatic heterocycles. The summed E-state index contributed by atoms with van der Waals surface area (Å²) < 4.78 is 4.56. The van der Waals surface area contributed by atoms with Crippen LogP contribution in [0, 0.1) is 5.92 Å². The number of nitrogens with zero attached hydrogens (tertiary/aromatic N) is 3. The van der Waals surface area contributed by atoms with Crippen molar-refractivity contribution in [1.29, 1.82) is 0 Å². The van der Waals surface area contributed by atoms with Crippen molar-refractivity contribution in [2.24, 2.45) is 5.92 Å². The van der Waals surface area contributed by atoms with Crippen LogP contribution in [0.1, 0.15) is 25.7 Å². The standard InChI is InChI=1S/C15H22N4O3/c1-22-13(20)6-2-7-16-14(21)12-5-3-10-19(11-12)15-17-8-4-9-18-15/h4,8-9,12H,2-3,5-7,10-11H2,1H3,(H,16,21)/t12-/m1/s1. The molecule has 1 fully saturated rings. The third-order valence-corrected chi connectivity index (χ3v) is 3.71. The number of nitrogens with one attached hydrogen (secondary N) is 1. The molecule has 1 aromatic rings. The number of hydrogen-bond acceptors (Lipinski definition) is 6. The maximum atomic E-state index is 12.2. The molecule has 1 saturated heterocycles.